The number of aryl methyl sites for hydroxylation is 2. The molecule has 6 heteroatoms. The van der Waals surface area contributed by atoms with E-state index in [1.54, 1.807) is 6.07 Å². The summed E-state index contributed by atoms with van der Waals surface area (Å²) >= 11 is 6.22. The number of hydrogen-bond acceptors (Lipinski definition) is 4. The number of aromatic nitrogens is 2. The standard InChI is InChI=1S/C25H22ClN3O2/c26-19-12-6-4-10-17(19)15-27-25(30)24-28-20(14-16-8-2-1-3-9-16)23-22(29-24)18-11-5-7-13-21(18)31-23/h1-4,6,8-10,12H,5,7,11,13-15H2,(H,27,30). The van der Waals surface area contributed by atoms with Gasteiger partial charge in [0.2, 0.25) is 5.82 Å². The van der Waals surface area contributed by atoms with Crippen molar-refractivity contribution in [2.75, 3.05) is 0 Å². The molecule has 1 amide bonds. The van der Waals surface area contributed by atoms with Gasteiger partial charge in [0.25, 0.3) is 5.91 Å². The molecule has 156 valence electrons. The summed E-state index contributed by atoms with van der Waals surface area (Å²) < 4.78 is 6.20. The van der Waals surface area contributed by atoms with E-state index in [4.69, 9.17) is 16.0 Å². The fourth-order valence-corrected chi connectivity index (χ4v) is 4.28. The summed E-state index contributed by atoms with van der Waals surface area (Å²) in [6, 6.07) is 17.5. The van der Waals surface area contributed by atoms with Crippen LogP contribution >= 0.6 is 11.6 Å². The number of hydrogen-bond donors (Lipinski definition) is 1. The fourth-order valence-electron chi connectivity index (χ4n) is 4.08. The second kappa shape index (κ2) is 8.52. The summed E-state index contributed by atoms with van der Waals surface area (Å²) in [7, 11) is 0. The maximum Gasteiger partial charge on any atom is 0.289 e. The highest BCUT2D eigenvalue weighted by Gasteiger charge is 2.24. The van der Waals surface area contributed by atoms with Gasteiger partial charge in [-0.2, -0.15) is 0 Å². The second-order valence-electron chi connectivity index (χ2n) is 7.82. The third kappa shape index (κ3) is 4.06. The molecular weight excluding hydrogens is 410 g/mol. The molecule has 0 saturated carbocycles. The van der Waals surface area contributed by atoms with Gasteiger partial charge in [-0.15, -0.1) is 0 Å². The molecule has 0 bridgehead atoms. The van der Waals surface area contributed by atoms with Crippen LogP contribution < -0.4 is 5.32 Å². The number of rotatable bonds is 5. The van der Waals surface area contributed by atoms with Crippen LogP contribution in [0.15, 0.2) is 59.0 Å². The second-order valence-corrected chi connectivity index (χ2v) is 8.23. The molecule has 0 unspecified atom stereocenters. The summed E-state index contributed by atoms with van der Waals surface area (Å²) in [5, 5.41) is 3.52. The van der Waals surface area contributed by atoms with E-state index in [0.717, 1.165) is 59.3 Å². The lowest BCUT2D eigenvalue weighted by Crippen LogP contribution is -2.25. The predicted octanol–water partition coefficient (Wildman–Crippen LogP) is 5.28. The monoisotopic (exact) mass is 431 g/mol. The molecule has 0 saturated heterocycles. The third-order valence-electron chi connectivity index (χ3n) is 5.68. The molecule has 5 rings (SSSR count). The molecule has 1 N–H and O–H groups in total. The quantitative estimate of drug-likeness (QED) is 0.467. The zero-order valence-electron chi connectivity index (χ0n) is 17.0. The van der Waals surface area contributed by atoms with E-state index in [1.807, 2.05) is 48.5 Å². The lowest BCUT2D eigenvalue weighted by molar-refractivity contribution is 0.0940. The first-order valence-electron chi connectivity index (χ1n) is 10.6. The lowest BCUT2D eigenvalue weighted by Gasteiger charge is -2.09. The summed E-state index contributed by atoms with van der Waals surface area (Å²) in [5.41, 5.74) is 5.31. The van der Waals surface area contributed by atoms with Crippen molar-refractivity contribution >= 4 is 28.6 Å². The van der Waals surface area contributed by atoms with Crippen molar-refractivity contribution in [3.05, 3.63) is 93.6 Å². The van der Waals surface area contributed by atoms with Gasteiger partial charge in [0.15, 0.2) is 5.58 Å². The Morgan fingerprint density at radius 3 is 2.61 bits per heavy atom. The minimum Gasteiger partial charge on any atom is -0.457 e. The van der Waals surface area contributed by atoms with Gasteiger partial charge in [0, 0.05) is 30.0 Å². The van der Waals surface area contributed by atoms with E-state index in [2.05, 4.69) is 15.3 Å². The molecule has 4 aromatic rings. The van der Waals surface area contributed by atoms with Crippen molar-refractivity contribution in [1.29, 1.82) is 0 Å². The largest absolute Gasteiger partial charge is 0.457 e. The predicted molar refractivity (Wildman–Crippen MR) is 120 cm³/mol. The highest BCUT2D eigenvalue weighted by atomic mass is 35.5. The molecular formula is C25H22ClN3O2. The Kier molecular flexibility index (Phi) is 5.43. The zero-order valence-corrected chi connectivity index (χ0v) is 17.8. The van der Waals surface area contributed by atoms with Crippen molar-refractivity contribution in [3.8, 4) is 0 Å². The third-order valence-corrected chi connectivity index (χ3v) is 6.05. The number of benzene rings is 2. The molecule has 5 nitrogen and oxygen atoms in total. The van der Waals surface area contributed by atoms with Crippen molar-refractivity contribution in [3.63, 3.8) is 0 Å². The first-order valence-corrected chi connectivity index (χ1v) is 10.9. The average Bonchev–Trinajstić information content (AvgIpc) is 3.18. The van der Waals surface area contributed by atoms with Crippen LogP contribution in [0.5, 0.6) is 0 Å². The van der Waals surface area contributed by atoms with Gasteiger partial charge < -0.3 is 9.73 Å². The van der Waals surface area contributed by atoms with E-state index in [-0.39, 0.29) is 11.7 Å². The Morgan fingerprint density at radius 1 is 1.00 bits per heavy atom. The SMILES string of the molecule is O=C(NCc1ccccc1Cl)c1nc(Cc2ccccc2)c2oc3c(c2n1)CCCC3. The Morgan fingerprint density at radius 2 is 1.77 bits per heavy atom. The highest BCUT2D eigenvalue weighted by Crippen LogP contribution is 2.32. The molecule has 0 radical (unpaired) electrons. The molecule has 1 aliphatic rings. The van der Waals surface area contributed by atoms with Gasteiger partial charge in [-0.25, -0.2) is 9.97 Å². The number of halogens is 1. The van der Waals surface area contributed by atoms with E-state index in [0.29, 0.717) is 23.6 Å². The van der Waals surface area contributed by atoms with Crippen LogP contribution in [-0.2, 0) is 25.8 Å². The molecule has 2 heterocycles. The van der Waals surface area contributed by atoms with Gasteiger partial charge in [-0.05, 0) is 36.5 Å². The molecule has 31 heavy (non-hydrogen) atoms. The average molecular weight is 432 g/mol. The van der Waals surface area contributed by atoms with Crippen molar-refractivity contribution in [2.24, 2.45) is 0 Å². The number of nitrogens with zero attached hydrogens (tertiary/aromatic N) is 2. The Labute approximate surface area is 185 Å². The van der Waals surface area contributed by atoms with Gasteiger partial charge in [-0.1, -0.05) is 60.1 Å². The van der Waals surface area contributed by atoms with Gasteiger partial charge in [-0.3, -0.25) is 4.79 Å². The fraction of sp³-hybridized carbons (Fsp3) is 0.240. The van der Waals surface area contributed by atoms with E-state index in [9.17, 15) is 4.79 Å². The van der Waals surface area contributed by atoms with E-state index < -0.39 is 0 Å². The number of carbonyl (C=O) groups is 1. The lowest BCUT2D eigenvalue weighted by atomic mass is 9.97. The first-order chi connectivity index (χ1) is 15.2. The highest BCUT2D eigenvalue weighted by molar-refractivity contribution is 6.31. The van der Waals surface area contributed by atoms with Crippen LogP contribution in [0.1, 0.15) is 51.6 Å². The van der Waals surface area contributed by atoms with Crippen LogP contribution in [0.3, 0.4) is 0 Å². The maximum atomic E-state index is 13.0. The molecule has 0 aliphatic heterocycles. The summed E-state index contributed by atoms with van der Waals surface area (Å²) in [6.45, 7) is 0.317. The first kappa shape index (κ1) is 19.8. The summed E-state index contributed by atoms with van der Waals surface area (Å²) in [5.74, 6) is 0.833. The summed E-state index contributed by atoms with van der Waals surface area (Å²) in [4.78, 5) is 22.2. The molecule has 1 aliphatic carbocycles. The zero-order chi connectivity index (χ0) is 21.2. The van der Waals surface area contributed by atoms with Gasteiger partial charge in [0.05, 0.1) is 5.69 Å². The number of carbonyl (C=O) groups excluding carboxylic acids is 1. The number of amides is 1. The van der Waals surface area contributed by atoms with Crippen molar-refractivity contribution in [1.82, 2.24) is 15.3 Å². The minimum absolute atomic E-state index is 0.166. The van der Waals surface area contributed by atoms with Crippen LogP contribution in [0.4, 0.5) is 0 Å². The molecule has 2 aromatic carbocycles. The molecule has 0 fully saturated rings. The Bertz CT molecular complexity index is 1250. The normalized spacial score (nSPS) is 13.2. The summed E-state index contributed by atoms with van der Waals surface area (Å²) in [6.07, 6.45) is 4.62. The maximum absolute atomic E-state index is 13.0. The van der Waals surface area contributed by atoms with E-state index >= 15 is 0 Å². The topological polar surface area (TPSA) is 68.0 Å². The van der Waals surface area contributed by atoms with Crippen LogP contribution in [0, 0.1) is 0 Å². The minimum atomic E-state index is -0.318. The van der Waals surface area contributed by atoms with E-state index in [1.165, 1.54) is 0 Å². The van der Waals surface area contributed by atoms with Crippen LogP contribution in [-0.4, -0.2) is 15.9 Å². The molecule has 0 spiro atoms. The Balaban J connectivity index is 1.51. The van der Waals surface area contributed by atoms with Gasteiger partial charge >= 0.3 is 0 Å². The van der Waals surface area contributed by atoms with Crippen molar-refractivity contribution in [2.45, 2.75) is 38.6 Å². The Hall–Kier alpha value is -3.18. The van der Waals surface area contributed by atoms with Crippen LogP contribution in [0.25, 0.3) is 11.1 Å². The van der Waals surface area contributed by atoms with Crippen LogP contribution in [0.2, 0.25) is 5.02 Å². The smallest absolute Gasteiger partial charge is 0.289 e. The molecule has 0 atom stereocenters. The van der Waals surface area contributed by atoms with Crippen molar-refractivity contribution < 1.29 is 9.21 Å². The number of furan rings is 1. The number of nitrogens with one attached hydrogen (secondary N) is 1. The number of fused-ring (bicyclic) bond motifs is 3. The molecule has 2 aromatic heterocycles. The van der Waals surface area contributed by atoms with Gasteiger partial charge in [0.1, 0.15) is 11.3 Å².